The maximum Gasteiger partial charge on any atom is 0.311 e. The Kier molecular flexibility index (Phi) is 4.47. The van der Waals surface area contributed by atoms with Crippen LogP contribution in [0.4, 0.5) is 0 Å². The van der Waals surface area contributed by atoms with Crippen LogP contribution in [0.15, 0.2) is 18.3 Å². The van der Waals surface area contributed by atoms with Gasteiger partial charge in [0, 0.05) is 17.7 Å². The average Bonchev–Trinajstić information content (AvgIpc) is 2.73. The number of aromatic nitrogens is 2. The van der Waals surface area contributed by atoms with Crippen molar-refractivity contribution in [1.82, 2.24) is 9.97 Å². The Morgan fingerprint density at radius 3 is 2.48 bits per heavy atom. The highest BCUT2D eigenvalue weighted by molar-refractivity contribution is 6.32. The summed E-state index contributed by atoms with van der Waals surface area (Å²) in [7, 11) is 3.05. The number of halogens is 1. The molecule has 0 N–H and O–H groups in total. The molecular weight excluding hydrogens is 364 g/mol. The van der Waals surface area contributed by atoms with Gasteiger partial charge in [-0.1, -0.05) is 23.4 Å². The maximum atomic E-state index is 12.2. The molecule has 3 fully saturated rings. The van der Waals surface area contributed by atoms with Crippen LogP contribution >= 0.6 is 11.6 Å². The topological polar surface area (TPSA) is 61.3 Å². The van der Waals surface area contributed by atoms with E-state index in [0.717, 1.165) is 44.0 Å². The van der Waals surface area contributed by atoms with E-state index >= 15 is 0 Å². The second kappa shape index (κ2) is 6.69. The number of hydrogen-bond acceptors (Lipinski definition) is 5. The van der Waals surface area contributed by atoms with Crippen LogP contribution < -0.4 is 4.74 Å². The lowest BCUT2D eigenvalue weighted by atomic mass is 9.54. The van der Waals surface area contributed by atoms with E-state index in [1.807, 2.05) is 6.07 Å². The molecule has 27 heavy (non-hydrogen) atoms. The van der Waals surface area contributed by atoms with Gasteiger partial charge in [-0.15, -0.1) is 0 Å². The average molecular weight is 385 g/mol. The molecule has 2 aromatic rings. The third-order valence-electron chi connectivity index (χ3n) is 6.17. The van der Waals surface area contributed by atoms with Crippen molar-refractivity contribution in [1.29, 1.82) is 0 Å². The lowest BCUT2D eigenvalue weighted by molar-refractivity contribution is -0.160. The number of hydrogen-bond donors (Lipinski definition) is 0. The molecule has 5 rings (SSSR count). The quantitative estimate of drug-likeness (QED) is 0.574. The van der Waals surface area contributed by atoms with E-state index in [-0.39, 0.29) is 16.8 Å². The molecule has 0 saturated heterocycles. The van der Waals surface area contributed by atoms with Crippen LogP contribution in [-0.4, -0.2) is 30.2 Å². The molecule has 3 aliphatic carbocycles. The Morgan fingerprint density at radius 2 is 1.85 bits per heavy atom. The van der Waals surface area contributed by atoms with Crippen LogP contribution in [0, 0.1) is 22.7 Å². The Balaban J connectivity index is 1.68. The van der Waals surface area contributed by atoms with Crippen molar-refractivity contribution >= 4 is 28.6 Å². The molecule has 3 saturated carbocycles. The predicted octanol–water partition coefficient (Wildman–Crippen LogP) is 4.16. The van der Waals surface area contributed by atoms with Gasteiger partial charge in [-0.2, -0.15) is 0 Å². The predicted molar refractivity (Wildman–Crippen MR) is 103 cm³/mol. The number of esters is 1. The Bertz CT molecular complexity index is 952. The van der Waals surface area contributed by atoms with Crippen LogP contribution in [0.5, 0.6) is 5.88 Å². The first-order chi connectivity index (χ1) is 13.0. The highest BCUT2D eigenvalue weighted by atomic mass is 35.5. The van der Waals surface area contributed by atoms with E-state index in [0.29, 0.717) is 22.0 Å². The van der Waals surface area contributed by atoms with Gasteiger partial charge < -0.3 is 9.47 Å². The lowest BCUT2D eigenvalue weighted by Gasteiger charge is -2.49. The lowest BCUT2D eigenvalue weighted by Crippen LogP contribution is -2.45. The number of carbonyl (C=O) groups excluding carboxylic acids is 1. The van der Waals surface area contributed by atoms with Gasteiger partial charge in [0.2, 0.25) is 5.88 Å². The largest absolute Gasteiger partial charge is 0.481 e. The fraction of sp³-hybridized carbons (Fsp3) is 0.476. The SMILES string of the molecule is COC(=O)C12CCC(C#Cc3c(Cl)cnc4ccc(OC)nc34)(CC1)CC2. The summed E-state index contributed by atoms with van der Waals surface area (Å²) in [6.07, 6.45) is 6.86. The van der Waals surface area contributed by atoms with Gasteiger partial charge in [-0.05, 0) is 44.6 Å². The summed E-state index contributed by atoms with van der Waals surface area (Å²) in [6.45, 7) is 0. The van der Waals surface area contributed by atoms with E-state index in [1.165, 1.54) is 7.11 Å². The van der Waals surface area contributed by atoms with E-state index < -0.39 is 0 Å². The normalized spacial score (nSPS) is 26.3. The molecule has 0 radical (unpaired) electrons. The fourth-order valence-electron chi connectivity index (χ4n) is 4.35. The first-order valence-corrected chi connectivity index (χ1v) is 9.50. The first kappa shape index (κ1) is 18.1. The summed E-state index contributed by atoms with van der Waals surface area (Å²) in [5, 5.41) is 0.489. The summed E-state index contributed by atoms with van der Waals surface area (Å²) >= 11 is 6.39. The zero-order chi connectivity index (χ0) is 19.1. The molecule has 0 atom stereocenters. The molecule has 2 heterocycles. The van der Waals surface area contributed by atoms with E-state index in [2.05, 4.69) is 21.8 Å². The molecule has 6 heteroatoms. The fourth-order valence-corrected chi connectivity index (χ4v) is 4.53. The molecule has 2 aromatic heterocycles. The third kappa shape index (κ3) is 3.02. The molecule has 0 amide bonds. The molecular formula is C21H21ClN2O3. The molecule has 0 aliphatic heterocycles. The van der Waals surface area contributed by atoms with Gasteiger partial charge in [0.05, 0.1) is 35.7 Å². The van der Waals surface area contributed by atoms with Crippen LogP contribution in [0.3, 0.4) is 0 Å². The van der Waals surface area contributed by atoms with Crippen LogP contribution in [0.2, 0.25) is 5.02 Å². The number of fused-ring (bicyclic) bond motifs is 4. The van der Waals surface area contributed by atoms with Crippen LogP contribution in [0.1, 0.15) is 44.1 Å². The highest BCUT2D eigenvalue weighted by Gasteiger charge is 2.52. The second-order valence-electron chi connectivity index (χ2n) is 7.50. The third-order valence-corrected chi connectivity index (χ3v) is 6.45. The second-order valence-corrected chi connectivity index (χ2v) is 7.91. The van der Waals surface area contributed by atoms with Crippen molar-refractivity contribution in [2.75, 3.05) is 14.2 Å². The summed E-state index contributed by atoms with van der Waals surface area (Å²) in [5.74, 6) is 7.22. The van der Waals surface area contributed by atoms with Crippen molar-refractivity contribution in [2.45, 2.75) is 38.5 Å². The summed E-state index contributed by atoms with van der Waals surface area (Å²) in [4.78, 5) is 21.0. The number of methoxy groups -OCH3 is 2. The molecule has 0 aromatic carbocycles. The highest BCUT2D eigenvalue weighted by Crippen LogP contribution is 2.57. The van der Waals surface area contributed by atoms with Gasteiger partial charge in [-0.3, -0.25) is 9.78 Å². The van der Waals surface area contributed by atoms with E-state index in [9.17, 15) is 4.79 Å². The minimum atomic E-state index is -0.298. The molecule has 2 bridgehead atoms. The van der Waals surface area contributed by atoms with Crippen molar-refractivity contribution in [3.05, 3.63) is 28.9 Å². The smallest absolute Gasteiger partial charge is 0.311 e. The minimum Gasteiger partial charge on any atom is -0.481 e. The van der Waals surface area contributed by atoms with Gasteiger partial charge in [0.15, 0.2) is 0 Å². The van der Waals surface area contributed by atoms with Gasteiger partial charge in [0.1, 0.15) is 5.52 Å². The maximum absolute atomic E-state index is 12.2. The summed E-state index contributed by atoms with van der Waals surface area (Å²) in [6, 6.07) is 3.63. The van der Waals surface area contributed by atoms with Gasteiger partial charge >= 0.3 is 5.97 Å². The van der Waals surface area contributed by atoms with Gasteiger partial charge in [0.25, 0.3) is 0 Å². The number of pyridine rings is 2. The van der Waals surface area contributed by atoms with Crippen molar-refractivity contribution in [3.8, 4) is 17.7 Å². The zero-order valence-corrected chi connectivity index (χ0v) is 16.2. The molecule has 0 spiro atoms. The monoisotopic (exact) mass is 384 g/mol. The number of rotatable bonds is 2. The van der Waals surface area contributed by atoms with Gasteiger partial charge in [-0.25, -0.2) is 4.98 Å². The number of nitrogens with zero attached hydrogens (tertiary/aromatic N) is 2. The van der Waals surface area contributed by atoms with E-state index in [4.69, 9.17) is 21.1 Å². The van der Waals surface area contributed by atoms with Crippen molar-refractivity contribution < 1.29 is 14.3 Å². The zero-order valence-electron chi connectivity index (χ0n) is 15.5. The number of carbonyl (C=O) groups is 1. The molecule has 3 aliphatic rings. The van der Waals surface area contributed by atoms with Crippen molar-refractivity contribution in [3.63, 3.8) is 0 Å². The molecule has 5 nitrogen and oxygen atoms in total. The first-order valence-electron chi connectivity index (χ1n) is 9.12. The number of ether oxygens (including phenoxy) is 2. The Labute approximate surface area is 163 Å². The molecule has 0 unspecified atom stereocenters. The standard InChI is InChI=1S/C21H21ClN2O3/c1-26-17-4-3-16-18(24-17)14(15(22)13-23-16)5-6-20-7-10-21(11-8-20,12-9-20)19(25)27-2/h3-4,13H,7-12H2,1-2H3. The Morgan fingerprint density at radius 1 is 1.15 bits per heavy atom. The van der Waals surface area contributed by atoms with Crippen molar-refractivity contribution in [2.24, 2.45) is 10.8 Å². The van der Waals surface area contributed by atoms with Crippen LogP contribution in [-0.2, 0) is 9.53 Å². The Hall–Kier alpha value is -2.32. The van der Waals surface area contributed by atoms with E-state index in [1.54, 1.807) is 19.4 Å². The summed E-state index contributed by atoms with van der Waals surface area (Å²) < 4.78 is 10.3. The summed E-state index contributed by atoms with van der Waals surface area (Å²) in [5.41, 5.74) is 1.72. The van der Waals surface area contributed by atoms with Crippen LogP contribution in [0.25, 0.3) is 11.0 Å². The minimum absolute atomic E-state index is 0.0619. The molecule has 140 valence electrons.